The van der Waals surface area contributed by atoms with Crippen LogP contribution in [0.1, 0.15) is 54.9 Å². The molecule has 0 saturated carbocycles. The summed E-state index contributed by atoms with van der Waals surface area (Å²) in [6.45, 7) is 6.81. The number of halogens is 2. The Morgan fingerprint density at radius 1 is 1.05 bits per heavy atom. The zero-order valence-electron chi connectivity index (χ0n) is 24.4. The minimum Gasteiger partial charge on any atom is -0.410 e. The number of nitrogens with zero attached hydrogens (tertiary/aromatic N) is 3. The number of rotatable bonds is 6. The van der Waals surface area contributed by atoms with Gasteiger partial charge in [-0.25, -0.2) is 14.2 Å². The first-order chi connectivity index (χ1) is 20.6. The molecule has 2 amide bonds. The molecule has 2 atom stereocenters. The molecular weight excluding hydrogens is 590 g/mol. The number of benzene rings is 2. The topological polar surface area (TPSA) is 91.8 Å². The number of amides is 2. The Balaban J connectivity index is 0.000000273. The predicted molar refractivity (Wildman–Crippen MR) is 170 cm³/mol. The molecule has 1 N–H and O–H groups in total. The Bertz CT molecular complexity index is 1420. The van der Waals surface area contributed by atoms with Crippen molar-refractivity contribution in [2.24, 2.45) is 5.92 Å². The second kappa shape index (κ2) is 15.3. The van der Waals surface area contributed by atoms with Crippen LogP contribution in [-0.2, 0) is 4.79 Å². The molecule has 2 fully saturated rings. The normalized spacial score (nSPS) is 16.7. The second-order valence-corrected chi connectivity index (χ2v) is 11.7. The van der Waals surface area contributed by atoms with E-state index in [-0.39, 0.29) is 28.5 Å². The van der Waals surface area contributed by atoms with E-state index < -0.39 is 11.9 Å². The summed E-state index contributed by atoms with van der Waals surface area (Å²) in [5, 5.41) is 3.73. The molecule has 0 bridgehead atoms. The molecular formula is C32H37ClFN4O4P. The Morgan fingerprint density at radius 3 is 2.37 bits per heavy atom. The number of hydrogen-bond acceptors (Lipinski definition) is 6. The number of likely N-dealkylation sites (tertiary alicyclic amines) is 1. The maximum atomic E-state index is 13.8. The summed E-state index contributed by atoms with van der Waals surface area (Å²) >= 11 is 5.78. The van der Waals surface area contributed by atoms with E-state index in [1.807, 2.05) is 36.1 Å². The van der Waals surface area contributed by atoms with Crippen LogP contribution in [0.2, 0.25) is 5.02 Å². The van der Waals surface area contributed by atoms with Crippen molar-refractivity contribution in [3.05, 3.63) is 82.8 Å². The SMILES string of the molecule is CC(=O)c1ccc(N2CCC(C(=O)N3CC[C@H](c4ccc(Cl)c(F)c4)C3)CC2)nc1.CCNC(=O)Oc1ccc(P)cc1. The van der Waals surface area contributed by atoms with Crippen molar-refractivity contribution in [3.63, 3.8) is 0 Å². The summed E-state index contributed by atoms with van der Waals surface area (Å²) in [4.78, 5) is 43.9. The fourth-order valence-electron chi connectivity index (χ4n) is 5.22. The highest BCUT2D eigenvalue weighted by atomic mass is 35.5. The van der Waals surface area contributed by atoms with Crippen LogP contribution in [0.25, 0.3) is 0 Å². The van der Waals surface area contributed by atoms with E-state index in [1.54, 1.807) is 30.5 Å². The molecule has 5 rings (SSSR count). The first-order valence-corrected chi connectivity index (χ1v) is 15.4. The van der Waals surface area contributed by atoms with Crippen molar-refractivity contribution >= 4 is 49.7 Å². The number of carbonyl (C=O) groups excluding carboxylic acids is 3. The van der Waals surface area contributed by atoms with Gasteiger partial charge in [-0.15, -0.1) is 9.24 Å². The van der Waals surface area contributed by atoms with Crippen molar-refractivity contribution in [2.45, 2.75) is 39.0 Å². The highest BCUT2D eigenvalue weighted by Gasteiger charge is 2.33. The summed E-state index contributed by atoms with van der Waals surface area (Å²) in [5.74, 6) is 1.36. The fourth-order valence-corrected chi connectivity index (χ4v) is 5.53. The van der Waals surface area contributed by atoms with E-state index in [0.29, 0.717) is 30.9 Å². The number of Topliss-reactive ketones (excluding diaryl/α,β-unsaturated/α-hetero) is 1. The van der Waals surface area contributed by atoms with Crippen LogP contribution < -0.4 is 20.3 Å². The van der Waals surface area contributed by atoms with Gasteiger partial charge in [-0.3, -0.25) is 9.59 Å². The van der Waals surface area contributed by atoms with Crippen LogP contribution in [0.4, 0.5) is 15.0 Å². The smallest absolute Gasteiger partial charge is 0.410 e. The summed E-state index contributed by atoms with van der Waals surface area (Å²) in [6, 6.07) is 15.8. The molecule has 3 heterocycles. The highest BCUT2D eigenvalue weighted by molar-refractivity contribution is 7.27. The summed E-state index contributed by atoms with van der Waals surface area (Å²) < 4.78 is 18.7. The van der Waals surface area contributed by atoms with Crippen LogP contribution in [-0.4, -0.2) is 60.4 Å². The van der Waals surface area contributed by atoms with Crippen LogP contribution in [0, 0.1) is 11.7 Å². The molecule has 43 heavy (non-hydrogen) atoms. The largest absolute Gasteiger partial charge is 0.412 e. The van der Waals surface area contributed by atoms with E-state index in [9.17, 15) is 18.8 Å². The lowest BCUT2D eigenvalue weighted by Crippen LogP contribution is -2.42. The average molecular weight is 627 g/mol. The maximum Gasteiger partial charge on any atom is 0.412 e. The maximum absolute atomic E-state index is 13.8. The molecule has 3 aromatic rings. The third-order valence-corrected chi connectivity index (χ3v) is 8.34. The average Bonchev–Trinajstić information content (AvgIpc) is 3.50. The standard InChI is InChI=1S/C23H25ClFN3O2.C9H12NO2P/c1-15(29)18-3-5-22(26-13-18)27-9-6-16(7-10-27)23(30)28-11-8-19(14-28)17-2-4-20(24)21(25)12-17;1-2-10-9(11)12-7-3-5-8(13)6-4-7/h2-5,12-13,16,19H,6-11,14H2,1H3;3-6H,2,13H2,1H3,(H,10,11)/t19-;/m0./s1. The first kappa shape index (κ1) is 32.4. The van der Waals surface area contributed by atoms with Gasteiger partial charge in [0, 0.05) is 56.3 Å². The third-order valence-electron chi connectivity index (χ3n) is 7.65. The first-order valence-electron chi connectivity index (χ1n) is 14.4. The van der Waals surface area contributed by atoms with E-state index in [2.05, 4.69) is 24.4 Å². The van der Waals surface area contributed by atoms with Crippen LogP contribution >= 0.6 is 20.8 Å². The van der Waals surface area contributed by atoms with Crippen molar-refractivity contribution in [3.8, 4) is 5.75 Å². The Hall–Kier alpha value is -3.55. The van der Waals surface area contributed by atoms with Crippen molar-refractivity contribution in [1.82, 2.24) is 15.2 Å². The number of carbonyl (C=O) groups is 3. The molecule has 1 aromatic heterocycles. The van der Waals surface area contributed by atoms with Crippen molar-refractivity contribution in [2.75, 3.05) is 37.6 Å². The fraction of sp³-hybridized carbons (Fsp3) is 0.375. The molecule has 11 heteroatoms. The van der Waals surface area contributed by atoms with Gasteiger partial charge in [0.2, 0.25) is 5.91 Å². The van der Waals surface area contributed by atoms with Gasteiger partial charge in [-0.2, -0.15) is 0 Å². The lowest BCUT2D eigenvalue weighted by Gasteiger charge is -2.34. The number of piperidine rings is 1. The number of aromatic nitrogens is 1. The van der Waals surface area contributed by atoms with E-state index in [0.717, 1.165) is 49.0 Å². The molecule has 228 valence electrons. The molecule has 2 aromatic carbocycles. The van der Waals surface area contributed by atoms with Gasteiger partial charge in [0.25, 0.3) is 0 Å². The zero-order valence-corrected chi connectivity index (χ0v) is 26.3. The van der Waals surface area contributed by atoms with E-state index in [4.69, 9.17) is 16.3 Å². The summed E-state index contributed by atoms with van der Waals surface area (Å²) in [6.07, 6.45) is 3.60. The van der Waals surface area contributed by atoms with Crippen molar-refractivity contribution < 1.29 is 23.5 Å². The monoisotopic (exact) mass is 626 g/mol. The molecule has 2 aliphatic rings. The minimum absolute atomic E-state index is 0.00334. The molecule has 0 radical (unpaired) electrons. The molecule has 2 aliphatic heterocycles. The van der Waals surface area contributed by atoms with Gasteiger partial charge in [-0.1, -0.05) is 29.8 Å². The van der Waals surface area contributed by atoms with Gasteiger partial charge >= 0.3 is 6.09 Å². The molecule has 2 saturated heterocycles. The number of ketones is 1. The number of anilines is 1. The number of hydrogen-bond donors (Lipinski definition) is 1. The molecule has 8 nitrogen and oxygen atoms in total. The Morgan fingerprint density at radius 2 is 1.77 bits per heavy atom. The molecule has 0 spiro atoms. The Labute approximate surface area is 259 Å². The summed E-state index contributed by atoms with van der Waals surface area (Å²) in [5.41, 5.74) is 1.51. The molecule has 0 aliphatic carbocycles. The zero-order chi connectivity index (χ0) is 30.9. The number of ether oxygens (including phenoxy) is 1. The van der Waals surface area contributed by atoms with Crippen LogP contribution in [0.15, 0.2) is 60.8 Å². The minimum atomic E-state index is -0.418. The predicted octanol–water partition coefficient (Wildman–Crippen LogP) is 5.60. The number of pyridine rings is 1. The number of nitrogens with one attached hydrogen (secondary N) is 1. The lowest BCUT2D eigenvalue weighted by atomic mass is 9.95. The van der Waals surface area contributed by atoms with E-state index in [1.165, 1.54) is 13.0 Å². The third kappa shape index (κ3) is 8.97. The van der Waals surface area contributed by atoms with Gasteiger partial charge < -0.3 is 19.9 Å². The van der Waals surface area contributed by atoms with Gasteiger partial charge in [0.15, 0.2) is 5.78 Å². The lowest BCUT2D eigenvalue weighted by molar-refractivity contribution is -0.135. The van der Waals surface area contributed by atoms with Crippen LogP contribution in [0.3, 0.4) is 0 Å². The van der Waals surface area contributed by atoms with Gasteiger partial charge in [0.05, 0.1) is 5.02 Å². The van der Waals surface area contributed by atoms with Crippen molar-refractivity contribution in [1.29, 1.82) is 0 Å². The molecule has 1 unspecified atom stereocenters. The summed E-state index contributed by atoms with van der Waals surface area (Å²) in [7, 11) is 2.56. The van der Waals surface area contributed by atoms with Gasteiger partial charge in [-0.05, 0) is 80.4 Å². The second-order valence-electron chi connectivity index (χ2n) is 10.7. The van der Waals surface area contributed by atoms with Gasteiger partial charge in [0.1, 0.15) is 17.4 Å². The highest BCUT2D eigenvalue weighted by Crippen LogP contribution is 2.32. The quantitative estimate of drug-likeness (QED) is 0.283. The van der Waals surface area contributed by atoms with E-state index >= 15 is 0 Å². The Kier molecular flexibility index (Phi) is 11.5. The van der Waals surface area contributed by atoms with Crippen LogP contribution in [0.5, 0.6) is 5.75 Å².